The third kappa shape index (κ3) is 4.12. The average molecular weight is 336 g/mol. The van der Waals surface area contributed by atoms with Crippen molar-refractivity contribution >= 4 is 17.6 Å². The first-order valence-electron chi connectivity index (χ1n) is 7.79. The lowest BCUT2D eigenvalue weighted by Crippen LogP contribution is -2.36. The molecule has 0 aliphatic carbocycles. The third-order valence-electron chi connectivity index (χ3n) is 3.82. The Labute approximate surface area is 141 Å². The van der Waals surface area contributed by atoms with Gasteiger partial charge >= 0.3 is 5.97 Å². The number of nitrogens with zero attached hydrogens (tertiary/aromatic N) is 2. The van der Waals surface area contributed by atoms with E-state index in [1.165, 1.54) is 0 Å². The Morgan fingerprint density at radius 1 is 1.43 bits per heavy atom. The maximum Gasteiger partial charge on any atom is 0.321 e. The van der Waals surface area contributed by atoms with E-state index >= 15 is 0 Å². The molecule has 0 aliphatic rings. The van der Waals surface area contributed by atoms with Gasteiger partial charge in [0.15, 0.2) is 0 Å². The summed E-state index contributed by atoms with van der Waals surface area (Å²) in [6.07, 6.45) is 5.02. The molecule has 1 heterocycles. The number of carboxylic acid groups (broad SMARTS) is 1. The number of likely N-dealkylation sites (N-methyl/N-ethyl adjacent to an activating group) is 1. The molecule has 1 aromatic heterocycles. The van der Waals surface area contributed by atoms with Crippen LogP contribution in [-0.4, -0.2) is 33.7 Å². The second-order valence-corrected chi connectivity index (χ2v) is 5.85. The summed E-state index contributed by atoms with van der Waals surface area (Å²) >= 11 is 6.35. The molecule has 0 fully saturated rings. The Morgan fingerprint density at radius 2 is 2.17 bits per heavy atom. The Morgan fingerprint density at radius 3 is 2.78 bits per heavy atom. The van der Waals surface area contributed by atoms with Crippen LogP contribution in [0.5, 0.6) is 0 Å². The summed E-state index contributed by atoms with van der Waals surface area (Å²) in [5.41, 5.74) is 1.68. The van der Waals surface area contributed by atoms with E-state index < -0.39 is 12.0 Å². The first kappa shape index (κ1) is 17.5. The van der Waals surface area contributed by atoms with Crippen LogP contribution in [0.25, 0.3) is 5.69 Å². The molecule has 6 heteroatoms. The van der Waals surface area contributed by atoms with E-state index in [1.807, 2.05) is 28.8 Å². The quantitative estimate of drug-likeness (QED) is 0.778. The number of hydrogen-bond acceptors (Lipinski definition) is 3. The molecule has 2 rings (SSSR count). The highest BCUT2D eigenvalue weighted by atomic mass is 35.5. The molecule has 1 aromatic carbocycles. The minimum Gasteiger partial charge on any atom is -0.480 e. The Balaban J connectivity index is 2.45. The number of aryl methyl sites for hydroxylation is 1. The number of carbonyl (C=O) groups is 1. The van der Waals surface area contributed by atoms with E-state index in [1.54, 1.807) is 13.2 Å². The fraction of sp³-hybridized carbons (Fsp3) is 0.412. The molecule has 0 spiro atoms. The molecule has 2 N–H and O–H groups in total. The number of halogens is 1. The second-order valence-electron chi connectivity index (χ2n) is 5.44. The van der Waals surface area contributed by atoms with E-state index in [0.717, 1.165) is 36.5 Å². The molecule has 124 valence electrons. The summed E-state index contributed by atoms with van der Waals surface area (Å²) in [6.45, 7) is 2.13. The monoisotopic (exact) mass is 335 g/mol. The number of rotatable bonds is 8. The number of para-hydroxylation sites is 1. The predicted octanol–water partition coefficient (Wildman–Crippen LogP) is 3.08. The van der Waals surface area contributed by atoms with Crippen molar-refractivity contribution in [1.82, 2.24) is 14.9 Å². The molecule has 2 aromatic rings. The van der Waals surface area contributed by atoms with Crippen LogP contribution < -0.4 is 5.32 Å². The van der Waals surface area contributed by atoms with E-state index in [9.17, 15) is 9.90 Å². The van der Waals surface area contributed by atoms with E-state index in [0.29, 0.717) is 11.4 Å². The van der Waals surface area contributed by atoms with Gasteiger partial charge in [0.05, 0.1) is 10.7 Å². The summed E-state index contributed by atoms with van der Waals surface area (Å²) in [5.74, 6) is 0.0321. The molecule has 0 saturated heterocycles. The van der Waals surface area contributed by atoms with Gasteiger partial charge in [0.2, 0.25) is 0 Å². The molecule has 0 amide bonds. The number of aromatic nitrogens is 2. The molecule has 0 aliphatic heterocycles. The number of unbranched alkanes of at least 4 members (excludes halogenated alkanes) is 1. The highest BCUT2D eigenvalue weighted by molar-refractivity contribution is 6.32. The van der Waals surface area contributed by atoms with Crippen molar-refractivity contribution in [3.63, 3.8) is 0 Å². The van der Waals surface area contributed by atoms with Crippen LogP contribution in [0.3, 0.4) is 0 Å². The topological polar surface area (TPSA) is 67.2 Å². The van der Waals surface area contributed by atoms with Crippen molar-refractivity contribution in [1.29, 1.82) is 0 Å². The number of hydrogen-bond donors (Lipinski definition) is 2. The standard InChI is InChI=1S/C17H22ClN3O2/c1-3-4-9-16-20-11-12(10-14(19-2)17(22)23)21(16)15-8-6-5-7-13(15)18/h5-8,11,14,19H,3-4,9-10H2,1-2H3,(H,22,23)/t14-/m0/s1. The zero-order chi connectivity index (χ0) is 16.8. The Kier molecular flexibility index (Phi) is 6.19. The molecule has 0 radical (unpaired) electrons. The lowest BCUT2D eigenvalue weighted by atomic mass is 10.1. The van der Waals surface area contributed by atoms with Crippen molar-refractivity contribution < 1.29 is 9.90 Å². The van der Waals surface area contributed by atoms with E-state index in [2.05, 4.69) is 17.2 Å². The van der Waals surface area contributed by atoms with Crippen LogP contribution in [0.15, 0.2) is 30.5 Å². The molecule has 0 saturated carbocycles. The van der Waals surface area contributed by atoms with E-state index in [4.69, 9.17) is 11.6 Å². The lowest BCUT2D eigenvalue weighted by molar-refractivity contribution is -0.139. The highest BCUT2D eigenvalue weighted by Crippen LogP contribution is 2.24. The van der Waals surface area contributed by atoms with Crippen LogP contribution in [-0.2, 0) is 17.6 Å². The van der Waals surface area contributed by atoms with Gasteiger partial charge in [0, 0.05) is 24.7 Å². The Bertz CT molecular complexity index is 670. The first-order chi connectivity index (χ1) is 11.1. The summed E-state index contributed by atoms with van der Waals surface area (Å²) in [7, 11) is 1.65. The van der Waals surface area contributed by atoms with Crippen molar-refractivity contribution in [2.75, 3.05) is 7.05 Å². The summed E-state index contributed by atoms with van der Waals surface area (Å²) in [6, 6.07) is 6.89. The maximum atomic E-state index is 11.3. The SMILES string of the molecule is CCCCc1ncc(C[C@H](NC)C(=O)O)n1-c1ccccc1Cl. The zero-order valence-electron chi connectivity index (χ0n) is 13.4. The molecule has 5 nitrogen and oxygen atoms in total. The smallest absolute Gasteiger partial charge is 0.321 e. The predicted molar refractivity (Wildman–Crippen MR) is 91.4 cm³/mol. The minimum atomic E-state index is -0.880. The zero-order valence-corrected chi connectivity index (χ0v) is 14.2. The molecular weight excluding hydrogens is 314 g/mol. The van der Waals surface area contributed by atoms with Crippen molar-refractivity contribution in [3.8, 4) is 5.69 Å². The molecule has 0 bridgehead atoms. The molecule has 23 heavy (non-hydrogen) atoms. The van der Waals surface area contributed by atoms with Crippen LogP contribution in [0.1, 0.15) is 31.3 Å². The number of benzene rings is 1. The number of carboxylic acids is 1. The van der Waals surface area contributed by atoms with Crippen molar-refractivity contribution in [2.24, 2.45) is 0 Å². The minimum absolute atomic E-state index is 0.343. The first-order valence-corrected chi connectivity index (χ1v) is 8.16. The van der Waals surface area contributed by atoms with Crippen molar-refractivity contribution in [2.45, 2.75) is 38.6 Å². The van der Waals surface area contributed by atoms with Crippen LogP contribution >= 0.6 is 11.6 Å². The van der Waals surface area contributed by atoms with Gasteiger partial charge in [-0.3, -0.25) is 9.36 Å². The van der Waals surface area contributed by atoms with Gasteiger partial charge in [-0.2, -0.15) is 0 Å². The second kappa shape index (κ2) is 8.13. The summed E-state index contributed by atoms with van der Waals surface area (Å²) < 4.78 is 1.99. The van der Waals surface area contributed by atoms with Crippen molar-refractivity contribution in [3.05, 3.63) is 47.0 Å². The van der Waals surface area contributed by atoms with E-state index in [-0.39, 0.29) is 0 Å². The van der Waals surface area contributed by atoms with Gasteiger partial charge in [-0.25, -0.2) is 4.98 Å². The molecular formula is C17H22ClN3O2. The van der Waals surface area contributed by atoms with Crippen LogP contribution in [0.2, 0.25) is 5.02 Å². The summed E-state index contributed by atoms with van der Waals surface area (Å²) in [4.78, 5) is 15.8. The molecule has 0 unspecified atom stereocenters. The van der Waals surface area contributed by atoms with Gasteiger partial charge in [-0.05, 0) is 25.6 Å². The van der Waals surface area contributed by atoms with Gasteiger partial charge < -0.3 is 10.4 Å². The highest BCUT2D eigenvalue weighted by Gasteiger charge is 2.21. The number of nitrogens with one attached hydrogen (secondary N) is 1. The Hall–Kier alpha value is -1.85. The van der Waals surface area contributed by atoms with Crippen LogP contribution in [0.4, 0.5) is 0 Å². The van der Waals surface area contributed by atoms with Crippen LogP contribution in [0, 0.1) is 0 Å². The van der Waals surface area contributed by atoms with Gasteiger partial charge in [-0.1, -0.05) is 37.1 Å². The fourth-order valence-electron chi connectivity index (χ4n) is 2.53. The van der Waals surface area contributed by atoms with Gasteiger partial charge in [-0.15, -0.1) is 0 Å². The number of imidazole rings is 1. The largest absolute Gasteiger partial charge is 0.480 e. The lowest BCUT2D eigenvalue weighted by Gasteiger charge is -2.16. The maximum absolute atomic E-state index is 11.3. The average Bonchev–Trinajstić information content (AvgIpc) is 2.93. The fourth-order valence-corrected chi connectivity index (χ4v) is 2.75. The van der Waals surface area contributed by atoms with Gasteiger partial charge in [0.25, 0.3) is 0 Å². The molecule has 1 atom stereocenters. The summed E-state index contributed by atoms with van der Waals surface area (Å²) in [5, 5.41) is 12.7. The normalized spacial score (nSPS) is 12.3. The van der Waals surface area contributed by atoms with Gasteiger partial charge in [0.1, 0.15) is 11.9 Å². The number of aliphatic carboxylic acids is 1. The third-order valence-corrected chi connectivity index (χ3v) is 4.13.